The van der Waals surface area contributed by atoms with Gasteiger partial charge in [0.05, 0.1) is 23.0 Å². The van der Waals surface area contributed by atoms with E-state index >= 15 is 0 Å². The number of anilines is 1. The van der Waals surface area contributed by atoms with Crippen molar-refractivity contribution in [1.29, 1.82) is 0 Å². The minimum Gasteiger partial charge on any atom is -0.467 e. The number of benzene rings is 2. The molecule has 0 radical (unpaired) electrons. The van der Waals surface area contributed by atoms with Gasteiger partial charge in [-0.05, 0) is 54.8 Å². The molecular weight excluding hydrogens is 383 g/mol. The third kappa shape index (κ3) is 3.61. The Morgan fingerprint density at radius 2 is 2.00 bits per heavy atom. The van der Waals surface area contributed by atoms with Crippen LogP contribution in [-0.2, 0) is 6.54 Å². The first-order chi connectivity index (χ1) is 13.2. The van der Waals surface area contributed by atoms with Gasteiger partial charge in [0.1, 0.15) is 11.6 Å². The lowest BCUT2D eigenvalue weighted by Crippen LogP contribution is -2.30. The number of para-hydroxylation sites is 1. The Bertz CT molecular complexity index is 1080. The number of hydrogen-bond donors (Lipinski definition) is 0. The third-order valence-electron chi connectivity index (χ3n) is 4.05. The zero-order valence-corrected chi connectivity index (χ0v) is 16.0. The Hall–Kier alpha value is -2.64. The lowest BCUT2D eigenvalue weighted by Gasteiger charge is -2.18. The highest BCUT2D eigenvalue weighted by atomic mass is 32.2. The SMILES string of the molecule is CSc1cccc2sc(N(Cc3ccco3)C(=O)c3ccc(F)cc3)nc12. The Kier molecular flexibility index (Phi) is 4.96. The first-order valence-electron chi connectivity index (χ1n) is 8.19. The lowest BCUT2D eigenvalue weighted by molar-refractivity contribution is 0.0983. The minimum atomic E-state index is -0.381. The average molecular weight is 398 g/mol. The van der Waals surface area contributed by atoms with Crippen molar-refractivity contribution in [1.82, 2.24) is 4.98 Å². The average Bonchev–Trinajstić information content (AvgIpc) is 3.35. The summed E-state index contributed by atoms with van der Waals surface area (Å²) in [5.74, 6) is 0.0136. The molecule has 4 rings (SSSR count). The monoisotopic (exact) mass is 398 g/mol. The molecule has 2 aromatic carbocycles. The van der Waals surface area contributed by atoms with Crippen LogP contribution in [-0.4, -0.2) is 17.1 Å². The van der Waals surface area contributed by atoms with E-state index in [-0.39, 0.29) is 18.3 Å². The molecule has 27 heavy (non-hydrogen) atoms. The molecule has 0 aliphatic rings. The number of thiazole rings is 1. The number of furan rings is 1. The van der Waals surface area contributed by atoms with Gasteiger partial charge in [0.25, 0.3) is 5.91 Å². The maximum absolute atomic E-state index is 13.2. The van der Waals surface area contributed by atoms with Gasteiger partial charge < -0.3 is 4.42 Å². The van der Waals surface area contributed by atoms with E-state index < -0.39 is 0 Å². The highest BCUT2D eigenvalue weighted by molar-refractivity contribution is 7.98. The second-order valence-electron chi connectivity index (χ2n) is 5.78. The maximum Gasteiger partial charge on any atom is 0.260 e. The Labute approximate surface area is 163 Å². The summed E-state index contributed by atoms with van der Waals surface area (Å²) in [6.45, 7) is 0.248. The molecule has 0 saturated carbocycles. The summed E-state index contributed by atoms with van der Waals surface area (Å²) < 4.78 is 19.7. The molecule has 7 heteroatoms. The van der Waals surface area contributed by atoms with E-state index in [1.54, 1.807) is 29.0 Å². The molecule has 4 nitrogen and oxygen atoms in total. The zero-order valence-electron chi connectivity index (χ0n) is 14.4. The predicted octanol–water partition coefficient (Wildman–Crippen LogP) is 5.60. The van der Waals surface area contributed by atoms with Gasteiger partial charge in [0.2, 0.25) is 0 Å². The highest BCUT2D eigenvalue weighted by Crippen LogP contribution is 2.35. The standard InChI is InChI=1S/C20H15FN2O2S2/c1-26-16-5-2-6-17-18(16)22-20(27-17)23(12-15-4-3-11-25-15)19(24)13-7-9-14(21)10-8-13/h2-11H,12H2,1H3. The second kappa shape index (κ2) is 7.54. The van der Waals surface area contributed by atoms with Crippen LogP contribution < -0.4 is 4.90 Å². The van der Waals surface area contributed by atoms with Crippen LogP contribution in [0.3, 0.4) is 0 Å². The molecule has 0 saturated heterocycles. The molecule has 0 aliphatic carbocycles. The van der Waals surface area contributed by atoms with E-state index in [0.717, 1.165) is 15.1 Å². The quantitative estimate of drug-likeness (QED) is 0.411. The number of carbonyl (C=O) groups excluding carboxylic acids is 1. The van der Waals surface area contributed by atoms with Crippen LogP contribution in [0.5, 0.6) is 0 Å². The Morgan fingerprint density at radius 3 is 2.70 bits per heavy atom. The smallest absolute Gasteiger partial charge is 0.260 e. The summed E-state index contributed by atoms with van der Waals surface area (Å²) in [7, 11) is 0. The van der Waals surface area contributed by atoms with Crippen molar-refractivity contribution in [3.8, 4) is 0 Å². The number of rotatable bonds is 5. The van der Waals surface area contributed by atoms with Gasteiger partial charge in [0, 0.05) is 10.5 Å². The van der Waals surface area contributed by atoms with E-state index in [1.165, 1.54) is 35.6 Å². The van der Waals surface area contributed by atoms with Crippen LogP contribution in [0.2, 0.25) is 0 Å². The summed E-state index contributed by atoms with van der Waals surface area (Å²) in [4.78, 5) is 20.5. The van der Waals surface area contributed by atoms with Crippen LogP contribution in [0.25, 0.3) is 10.2 Å². The van der Waals surface area contributed by atoms with E-state index in [0.29, 0.717) is 16.5 Å². The van der Waals surface area contributed by atoms with Gasteiger partial charge in [-0.25, -0.2) is 9.37 Å². The molecule has 2 heterocycles. The summed E-state index contributed by atoms with van der Waals surface area (Å²) in [5, 5.41) is 0.581. The van der Waals surface area contributed by atoms with E-state index in [1.807, 2.05) is 30.5 Å². The number of aromatic nitrogens is 1. The maximum atomic E-state index is 13.2. The van der Waals surface area contributed by atoms with Crippen LogP contribution in [0.4, 0.5) is 9.52 Å². The molecule has 0 bridgehead atoms. The highest BCUT2D eigenvalue weighted by Gasteiger charge is 2.23. The molecule has 0 atom stereocenters. The van der Waals surface area contributed by atoms with Crippen LogP contribution in [0, 0.1) is 5.82 Å². The summed E-state index contributed by atoms with van der Waals surface area (Å²) >= 11 is 3.06. The van der Waals surface area contributed by atoms with Gasteiger partial charge in [-0.15, -0.1) is 11.8 Å². The molecule has 0 aliphatic heterocycles. The Balaban J connectivity index is 1.78. The molecule has 0 N–H and O–H groups in total. The van der Waals surface area contributed by atoms with Crippen molar-refractivity contribution < 1.29 is 13.6 Å². The van der Waals surface area contributed by atoms with Crippen molar-refractivity contribution in [2.24, 2.45) is 0 Å². The fraction of sp³-hybridized carbons (Fsp3) is 0.100. The first kappa shape index (κ1) is 17.8. The van der Waals surface area contributed by atoms with Crippen molar-refractivity contribution in [3.05, 3.63) is 78.0 Å². The van der Waals surface area contributed by atoms with E-state index in [9.17, 15) is 9.18 Å². The number of halogens is 1. The van der Waals surface area contributed by atoms with E-state index in [2.05, 4.69) is 0 Å². The van der Waals surface area contributed by atoms with Crippen molar-refractivity contribution in [3.63, 3.8) is 0 Å². The molecule has 0 fully saturated rings. The summed E-state index contributed by atoms with van der Waals surface area (Å²) in [6, 6.07) is 15.1. The number of amides is 1. The summed E-state index contributed by atoms with van der Waals surface area (Å²) in [6.07, 6.45) is 3.57. The van der Waals surface area contributed by atoms with Gasteiger partial charge in [-0.1, -0.05) is 17.4 Å². The van der Waals surface area contributed by atoms with Gasteiger partial charge in [0.15, 0.2) is 5.13 Å². The van der Waals surface area contributed by atoms with Crippen molar-refractivity contribution in [2.45, 2.75) is 11.4 Å². The van der Waals surface area contributed by atoms with Gasteiger partial charge in [-0.2, -0.15) is 0 Å². The fourth-order valence-corrected chi connectivity index (χ4v) is 4.34. The molecule has 2 aromatic heterocycles. The van der Waals surface area contributed by atoms with Gasteiger partial charge >= 0.3 is 0 Å². The molecule has 0 unspecified atom stereocenters. The van der Waals surface area contributed by atoms with Crippen LogP contribution in [0.1, 0.15) is 16.1 Å². The number of fused-ring (bicyclic) bond motifs is 1. The topological polar surface area (TPSA) is 46.3 Å². The number of nitrogens with zero attached hydrogens (tertiary/aromatic N) is 2. The van der Waals surface area contributed by atoms with Crippen molar-refractivity contribution >= 4 is 44.4 Å². The predicted molar refractivity (Wildman–Crippen MR) is 107 cm³/mol. The van der Waals surface area contributed by atoms with Crippen molar-refractivity contribution in [2.75, 3.05) is 11.2 Å². The normalized spacial score (nSPS) is 11.0. The zero-order chi connectivity index (χ0) is 18.8. The van der Waals surface area contributed by atoms with Crippen LogP contribution >= 0.6 is 23.1 Å². The second-order valence-corrected chi connectivity index (χ2v) is 7.64. The number of carbonyl (C=O) groups is 1. The van der Waals surface area contributed by atoms with Gasteiger partial charge in [-0.3, -0.25) is 9.69 Å². The first-order valence-corrected chi connectivity index (χ1v) is 10.2. The minimum absolute atomic E-state index is 0.248. The molecule has 136 valence electrons. The fourth-order valence-electron chi connectivity index (χ4n) is 2.72. The molecule has 4 aromatic rings. The third-order valence-corrected chi connectivity index (χ3v) is 5.86. The molecular formula is C20H15FN2O2S2. The number of thioether (sulfide) groups is 1. The largest absolute Gasteiger partial charge is 0.467 e. The van der Waals surface area contributed by atoms with Crippen LogP contribution in [0.15, 0.2) is 70.2 Å². The molecule has 0 spiro atoms. The molecule has 1 amide bonds. The lowest BCUT2D eigenvalue weighted by atomic mass is 10.2. The van der Waals surface area contributed by atoms with E-state index in [4.69, 9.17) is 9.40 Å². The number of hydrogen-bond acceptors (Lipinski definition) is 5. The Morgan fingerprint density at radius 1 is 1.19 bits per heavy atom. The summed E-state index contributed by atoms with van der Waals surface area (Å²) in [5.41, 5.74) is 1.27.